The van der Waals surface area contributed by atoms with Crippen molar-refractivity contribution in [2.24, 2.45) is 11.8 Å². The van der Waals surface area contributed by atoms with E-state index in [9.17, 15) is 24.6 Å². The smallest absolute Gasteiger partial charge is 0.325 e. The third-order valence-electron chi connectivity index (χ3n) is 5.63. The summed E-state index contributed by atoms with van der Waals surface area (Å²) < 4.78 is 0. The van der Waals surface area contributed by atoms with Crippen molar-refractivity contribution in [1.82, 2.24) is 10.6 Å². The van der Waals surface area contributed by atoms with Gasteiger partial charge in [-0.25, -0.2) is 0 Å². The van der Waals surface area contributed by atoms with Gasteiger partial charge in [0.25, 0.3) is 0 Å². The summed E-state index contributed by atoms with van der Waals surface area (Å²) in [5, 5.41) is 25.0. The number of fused-ring (bicyclic) bond motifs is 1. The number of aliphatic carboxylic acids is 1. The number of hydrogen-bond acceptors (Lipinski definition) is 5. The first-order valence-electron chi connectivity index (χ1n) is 9.28. The van der Waals surface area contributed by atoms with Gasteiger partial charge in [0.15, 0.2) is 0 Å². The number of rotatable bonds is 5. The van der Waals surface area contributed by atoms with E-state index in [-0.39, 0.29) is 12.2 Å². The van der Waals surface area contributed by atoms with Gasteiger partial charge in [-0.05, 0) is 23.3 Å². The zero-order valence-electron chi connectivity index (χ0n) is 15.4. The molecule has 4 N–H and O–H groups in total. The number of carboxylic acid groups (broad SMARTS) is 1. The molecule has 2 fully saturated rings. The number of benzene rings is 2. The largest absolute Gasteiger partial charge is 0.508 e. The number of phenolic OH excluding ortho intramolecular Hbond substituents is 1. The van der Waals surface area contributed by atoms with Gasteiger partial charge >= 0.3 is 5.97 Å². The molecule has 2 aliphatic heterocycles. The standard InChI is InChI=1S/C22H20N2O5/c25-15-9-6-14(7-10-15)12-22(21(28)29)18-17(19(26)23-20(18)27)16(24-22)11-8-13-4-2-1-3-5-13/h1-11,16-18,24-25H,12H2,(H,28,29)(H,23,26,27). The van der Waals surface area contributed by atoms with Crippen molar-refractivity contribution in [2.75, 3.05) is 0 Å². The van der Waals surface area contributed by atoms with Gasteiger partial charge in [-0.1, -0.05) is 54.6 Å². The average molecular weight is 392 g/mol. The molecule has 0 aliphatic carbocycles. The van der Waals surface area contributed by atoms with E-state index >= 15 is 0 Å². The summed E-state index contributed by atoms with van der Waals surface area (Å²) in [4.78, 5) is 37.4. The molecule has 0 saturated carbocycles. The van der Waals surface area contributed by atoms with E-state index in [1.807, 2.05) is 36.4 Å². The number of imide groups is 1. The second-order valence-corrected chi connectivity index (χ2v) is 7.42. The maximum Gasteiger partial charge on any atom is 0.325 e. The normalized spacial score (nSPS) is 28.5. The molecule has 2 aromatic rings. The quantitative estimate of drug-likeness (QED) is 0.571. The third kappa shape index (κ3) is 3.30. The number of amides is 2. The Morgan fingerprint density at radius 1 is 1.03 bits per heavy atom. The summed E-state index contributed by atoms with van der Waals surface area (Å²) >= 11 is 0. The van der Waals surface area contributed by atoms with E-state index in [4.69, 9.17) is 0 Å². The van der Waals surface area contributed by atoms with Gasteiger partial charge in [0, 0.05) is 12.5 Å². The first-order valence-corrected chi connectivity index (χ1v) is 9.28. The highest BCUT2D eigenvalue weighted by Crippen LogP contribution is 2.42. The lowest BCUT2D eigenvalue weighted by Gasteiger charge is -2.29. The molecule has 29 heavy (non-hydrogen) atoms. The summed E-state index contributed by atoms with van der Waals surface area (Å²) in [6, 6.07) is 15.0. The van der Waals surface area contributed by atoms with Gasteiger partial charge < -0.3 is 10.2 Å². The highest BCUT2D eigenvalue weighted by Gasteiger charge is 2.65. The Bertz CT molecular complexity index is 986. The fraction of sp³-hybridized carbons (Fsp3) is 0.227. The van der Waals surface area contributed by atoms with Gasteiger partial charge in [0.05, 0.1) is 11.8 Å². The summed E-state index contributed by atoms with van der Waals surface area (Å²) in [5.41, 5.74) is -0.0953. The van der Waals surface area contributed by atoms with Gasteiger partial charge in [-0.3, -0.25) is 25.0 Å². The van der Waals surface area contributed by atoms with E-state index < -0.39 is 41.2 Å². The molecule has 2 amide bonds. The molecule has 4 unspecified atom stereocenters. The van der Waals surface area contributed by atoms with Crippen molar-refractivity contribution < 1.29 is 24.6 Å². The topological polar surface area (TPSA) is 116 Å². The maximum atomic E-state index is 12.6. The molecule has 0 bridgehead atoms. The summed E-state index contributed by atoms with van der Waals surface area (Å²) in [7, 11) is 0. The molecule has 2 aliphatic rings. The van der Waals surface area contributed by atoms with E-state index in [2.05, 4.69) is 10.6 Å². The van der Waals surface area contributed by atoms with Crippen LogP contribution in [-0.2, 0) is 20.8 Å². The number of phenols is 1. The predicted octanol–water partition coefficient (Wildman–Crippen LogP) is 1.33. The zero-order valence-corrected chi connectivity index (χ0v) is 15.4. The van der Waals surface area contributed by atoms with Crippen molar-refractivity contribution in [3.8, 4) is 5.75 Å². The maximum absolute atomic E-state index is 12.6. The van der Waals surface area contributed by atoms with Crippen LogP contribution in [0.15, 0.2) is 60.7 Å². The van der Waals surface area contributed by atoms with Crippen LogP contribution >= 0.6 is 0 Å². The van der Waals surface area contributed by atoms with Crippen LogP contribution in [-0.4, -0.2) is 39.6 Å². The molecule has 148 valence electrons. The Kier molecular flexibility index (Phi) is 4.68. The number of carboxylic acids is 1. The van der Waals surface area contributed by atoms with Crippen LogP contribution in [0.3, 0.4) is 0 Å². The highest BCUT2D eigenvalue weighted by molar-refractivity contribution is 6.09. The Balaban J connectivity index is 1.72. The molecule has 7 heteroatoms. The van der Waals surface area contributed by atoms with Crippen molar-refractivity contribution in [1.29, 1.82) is 0 Å². The van der Waals surface area contributed by atoms with Crippen LogP contribution in [0.1, 0.15) is 11.1 Å². The van der Waals surface area contributed by atoms with Gasteiger partial charge in [0.2, 0.25) is 11.8 Å². The zero-order chi connectivity index (χ0) is 20.6. The number of hydrogen-bond donors (Lipinski definition) is 4. The molecule has 2 heterocycles. The van der Waals surface area contributed by atoms with Crippen LogP contribution < -0.4 is 10.6 Å². The van der Waals surface area contributed by atoms with Gasteiger partial charge in [-0.2, -0.15) is 0 Å². The molecule has 2 saturated heterocycles. The number of carbonyl (C=O) groups excluding carboxylic acids is 2. The SMILES string of the molecule is O=C1NC(=O)C2C1C(C=Cc1ccccc1)NC2(Cc1ccc(O)cc1)C(=O)O. The number of aromatic hydroxyl groups is 1. The van der Waals surface area contributed by atoms with E-state index in [0.717, 1.165) is 5.56 Å². The summed E-state index contributed by atoms with van der Waals surface area (Å²) in [6.45, 7) is 0. The second kappa shape index (κ2) is 7.18. The van der Waals surface area contributed by atoms with E-state index in [0.29, 0.717) is 5.56 Å². The minimum absolute atomic E-state index is 0.000156. The van der Waals surface area contributed by atoms with Crippen LogP contribution in [0, 0.1) is 11.8 Å². The minimum atomic E-state index is -1.64. The fourth-order valence-electron chi connectivity index (χ4n) is 4.29. The second-order valence-electron chi connectivity index (χ2n) is 7.42. The lowest BCUT2D eigenvalue weighted by molar-refractivity contribution is -0.149. The lowest BCUT2D eigenvalue weighted by atomic mass is 9.76. The molecule has 4 atom stereocenters. The monoisotopic (exact) mass is 392 g/mol. The van der Waals surface area contributed by atoms with Crippen molar-refractivity contribution in [3.63, 3.8) is 0 Å². The molecule has 0 spiro atoms. The molecular weight excluding hydrogens is 372 g/mol. The van der Waals surface area contributed by atoms with Crippen LogP contribution in [0.4, 0.5) is 0 Å². The lowest BCUT2D eigenvalue weighted by Crippen LogP contribution is -2.57. The minimum Gasteiger partial charge on any atom is -0.508 e. The van der Waals surface area contributed by atoms with Crippen LogP contribution in [0.2, 0.25) is 0 Å². The molecular formula is C22H20N2O5. The van der Waals surface area contributed by atoms with Crippen molar-refractivity contribution in [2.45, 2.75) is 18.0 Å². The number of nitrogens with one attached hydrogen (secondary N) is 2. The van der Waals surface area contributed by atoms with Gasteiger partial charge in [0.1, 0.15) is 11.3 Å². The fourth-order valence-corrected chi connectivity index (χ4v) is 4.29. The van der Waals surface area contributed by atoms with Crippen molar-refractivity contribution in [3.05, 3.63) is 71.8 Å². The summed E-state index contributed by atoms with van der Waals surface area (Å²) in [5.74, 6) is -4.02. The molecule has 2 aromatic carbocycles. The van der Waals surface area contributed by atoms with E-state index in [1.54, 1.807) is 18.2 Å². The van der Waals surface area contributed by atoms with E-state index in [1.165, 1.54) is 12.1 Å². The van der Waals surface area contributed by atoms with Crippen molar-refractivity contribution >= 4 is 23.9 Å². The molecule has 7 nitrogen and oxygen atoms in total. The first-order chi connectivity index (χ1) is 13.9. The molecule has 4 rings (SSSR count). The van der Waals surface area contributed by atoms with Crippen LogP contribution in [0.5, 0.6) is 5.75 Å². The average Bonchev–Trinajstić information content (AvgIpc) is 3.20. The molecule has 0 aromatic heterocycles. The third-order valence-corrected chi connectivity index (χ3v) is 5.63. The summed E-state index contributed by atoms with van der Waals surface area (Å²) in [6.07, 6.45) is 3.55. The Hall–Kier alpha value is -3.45. The first kappa shape index (κ1) is 18.9. The Morgan fingerprint density at radius 2 is 1.72 bits per heavy atom. The van der Waals surface area contributed by atoms with Gasteiger partial charge in [-0.15, -0.1) is 0 Å². The number of carbonyl (C=O) groups is 3. The Labute approximate surface area is 167 Å². The molecule has 0 radical (unpaired) electrons. The Morgan fingerprint density at radius 3 is 2.38 bits per heavy atom. The highest BCUT2D eigenvalue weighted by atomic mass is 16.4. The van der Waals surface area contributed by atoms with Crippen LogP contribution in [0.25, 0.3) is 6.08 Å². The predicted molar refractivity (Wildman–Crippen MR) is 105 cm³/mol.